The van der Waals surface area contributed by atoms with Crippen molar-refractivity contribution in [1.29, 1.82) is 0 Å². The zero-order valence-electron chi connectivity index (χ0n) is 10.3. The molecule has 0 atom stereocenters. The van der Waals surface area contributed by atoms with E-state index in [-0.39, 0.29) is 5.69 Å². The molecule has 0 spiro atoms. The van der Waals surface area contributed by atoms with E-state index in [0.29, 0.717) is 12.3 Å². The minimum atomic E-state index is -1.04. The molecular weight excluding hydrogens is 232 g/mol. The van der Waals surface area contributed by atoms with Gasteiger partial charge in [0.05, 0.1) is 18.0 Å². The van der Waals surface area contributed by atoms with Gasteiger partial charge in [-0.25, -0.2) is 9.48 Å². The molecule has 2 rings (SSSR count). The molecule has 94 valence electrons. The topological polar surface area (TPSA) is 64.3 Å². The molecular formula is C13H14N2O3. The molecule has 0 unspecified atom stereocenters. The number of benzene rings is 1. The third-order valence-corrected chi connectivity index (χ3v) is 2.64. The monoisotopic (exact) mass is 246 g/mol. The highest BCUT2D eigenvalue weighted by Crippen LogP contribution is 2.17. The van der Waals surface area contributed by atoms with Crippen molar-refractivity contribution in [3.8, 4) is 5.69 Å². The first-order valence-corrected chi connectivity index (χ1v) is 5.50. The molecule has 2 aromatic rings. The van der Waals surface area contributed by atoms with Gasteiger partial charge in [-0.1, -0.05) is 18.2 Å². The van der Waals surface area contributed by atoms with Gasteiger partial charge in [-0.15, -0.1) is 0 Å². The van der Waals surface area contributed by atoms with Crippen LogP contribution in [0.4, 0.5) is 0 Å². The molecule has 0 aliphatic heterocycles. The molecule has 1 heterocycles. The Hall–Kier alpha value is -2.14. The Labute approximate surface area is 105 Å². The van der Waals surface area contributed by atoms with Crippen LogP contribution in [0.2, 0.25) is 0 Å². The van der Waals surface area contributed by atoms with E-state index in [1.165, 1.54) is 6.07 Å². The van der Waals surface area contributed by atoms with Crippen molar-refractivity contribution in [2.24, 2.45) is 0 Å². The molecule has 0 saturated carbocycles. The molecule has 0 fully saturated rings. The third kappa shape index (κ3) is 2.26. The van der Waals surface area contributed by atoms with Gasteiger partial charge in [0, 0.05) is 7.11 Å². The lowest BCUT2D eigenvalue weighted by Crippen LogP contribution is -2.06. The standard InChI is InChI=1S/C13H14N2O3/c1-9-5-3-4-6-12(9)15-10(8-18-2)7-11(14-15)13(16)17/h3-7H,8H2,1-2H3,(H,16,17). The van der Waals surface area contributed by atoms with E-state index in [1.807, 2.05) is 31.2 Å². The summed E-state index contributed by atoms with van der Waals surface area (Å²) < 4.78 is 6.68. The number of hydrogen-bond donors (Lipinski definition) is 1. The number of para-hydroxylation sites is 1. The molecule has 0 aliphatic carbocycles. The Morgan fingerprint density at radius 3 is 2.78 bits per heavy atom. The minimum absolute atomic E-state index is 0.0188. The van der Waals surface area contributed by atoms with Crippen molar-refractivity contribution in [2.45, 2.75) is 13.5 Å². The minimum Gasteiger partial charge on any atom is -0.476 e. The summed E-state index contributed by atoms with van der Waals surface area (Å²) in [4.78, 5) is 11.0. The van der Waals surface area contributed by atoms with E-state index in [2.05, 4.69) is 5.10 Å². The third-order valence-electron chi connectivity index (χ3n) is 2.64. The number of carbonyl (C=O) groups is 1. The predicted molar refractivity (Wildman–Crippen MR) is 66.0 cm³/mol. The van der Waals surface area contributed by atoms with Gasteiger partial charge in [-0.2, -0.15) is 5.10 Å². The molecule has 5 nitrogen and oxygen atoms in total. The fraction of sp³-hybridized carbons (Fsp3) is 0.231. The number of aromatic nitrogens is 2. The molecule has 1 aromatic carbocycles. The first-order chi connectivity index (χ1) is 8.63. The van der Waals surface area contributed by atoms with Crippen LogP contribution in [0.3, 0.4) is 0 Å². The summed E-state index contributed by atoms with van der Waals surface area (Å²) in [5.41, 5.74) is 2.61. The molecule has 18 heavy (non-hydrogen) atoms. The maximum atomic E-state index is 11.0. The molecule has 1 aromatic heterocycles. The Morgan fingerprint density at radius 1 is 1.44 bits per heavy atom. The maximum Gasteiger partial charge on any atom is 0.356 e. The van der Waals surface area contributed by atoms with Crippen molar-refractivity contribution < 1.29 is 14.6 Å². The quantitative estimate of drug-likeness (QED) is 0.896. The summed E-state index contributed by atoms with van der Waals surface area (Å²) in [5.74, 6) is -1.04. The molecule has 0 aliphatic rings. The second-order valence-corrected chi connectivity index (χ2v) is 3.96. The predicted octanol–water partition coefficient (Wildman–Crippen LogP) is 2.03. The maximum absolute atomic E-state index is 11.0. The smallest absolute Gasteiger partial charge is 0.356 e. The number of rotatable bonds is 4. The summed E-state index contributed by atoms with van der Waals surface area (Å²) in [6.45, 7) is 2.27. The van der Waals surface area contributed by atoms with Gasteiger partial charge in [0.15, 0.2) is 5.69 Å². The zero-order valence-corrected chi connectivity index (χ0v) is 10.3. The number of carboxylic acid groups (broad SMARTS) is 1. The summed E-state index contributed by atoms with van der Waals surface area (Å²) in [6, 6.07) is 9.19. The second kappa shape index (κ2) is 5.01. The molecule has 0 amide bonds. The average Bonchev–Trinajstić information content (AvgIpc) is 2.74. The van der Waals surface area contributed by atoms with Crippen molar-refractivity contribution in [1.82, 2.24) is 9.78 Å². The molecule has 0 saturated heterocycles. The van der Waals surface area contributed by atoms with Crippen molar-refractivity contribution in [3.63, 3.8) is 0 Å². The van der Waals surface area contributed by atoms with Crippen LogP contribution in [0, 0.1) is 6.92 Å². The lowest BCUT2D eigenvalue weighted by atomic mass is 10.2. The van der Waals surface area contributed by atoms with Gasteiger partial charge in [-0.05, 0) is 24.6 Å². The molecule has 0 bridgehead atoms. The molecule has 5 heteroatoms. The van der Waals surface area contributed by atoms with Gasteiger partial charge in [0.25, 0.3) is 0 Å². The van der Waals surface area contributed by atoms with Crippen LogP contribution in [0.25, 0.3) is 5.69 Å². The van der Waals surface area contributed by atoms with E-state index in [1.54, 1.807) is 11.8 Å². The zero-order chi connectivity index (χ0) is 13.1. The van der Waals surface area contributed by atoms with E-state index in [4.69, 9.17) is 9.84 Å². The number of hydrogen-bond acceptors (Lipinski definition) is 3. The Kier molecular flexibility index (Phi) is 3.43. The molecule has 1 N–H and O–H groups in total. The van der Waals surface area contributed by atoms with Crippen LogP contribution >= 0.6 is 0 Å². The van der Waals surface area contributed by atoms with E-state index < -0.39 is 5.97 Å². The highest BCUT2D eigenvalue weighted by atomic mass is 16.5. The van der Waals surface area contributed by atoms with Gasteiger partial charge in [-0.3, -0.25) is 0 Å². The number of aromatic carboxylic acids is 1. The van der Waals surface area contributed by atoms with Gasteiger partial charge < -0.3 is 9.84 Å². The Morgan fingerprint density at radius 2 is 2.17 bits per heavy atom. The van der Waals surface area contributed by atoms with Crippen LogP contribution in [0.5, 0.6) is 0 Å². The number of carboxylic acids is 1. The highest BCUT2D eigenvalue weighted by molar-refractivity contribution is 5.85. The fourth-order valence-corrected chi connectivity index (χ4v) is 1.78. The van der Waals surface area contributed by atoms with Crippen LogP contribution in [-0.2, 0) is 11.3 Å². The fourth-order valence-electron chi connectivity index (χ4n) is 1.78. The Bertz CT molecular complexity index is 575. The normalized spacial score (nSPS) is 10.6. The average molecular weight is 246 g/mol. The van der Waals surface area contributed by atoms with E-state index >= 15 is 0 Å². The van der Waals surface area contributed by atoms with E-state index in [9.17, 15) is 4.79 Å². The van der Waals surface area contributed by atoms with Crippen LogP contribution in [0.1, 0.15) is 21.7 Å². The highest BCUT2D eigenvalue weighted by Gasteiger charge is 2.15. The number of methoxy groups -OCH3 is 1. The number of nitrogens with zero attached hydrogens (tertiary/aromatic N) is 2. The van der Waals surface area contributed by atoms with E-state index in [0.717, 1.165) is 11.3 Å². The number of ether oxygens (including phenoxy) is 1. The summed E-state index contributed by atoms with van der Waals surface area (Å²) in [6.07, 6.45) is 0. The van der Waals surface area contributed by atoms with Gasteiger partial charge in [0.1, 0.15) is 0 Å². The van der Waals surface area contributed by atoms with Crippen LogP contribution in [-0.4, -0.2) is 28.0 Å². The first-order valence-electron chi connectivity index (χ1n) is 5.50. The summed E-state index contributed by atoms with van der Waals surface area (Å²) in [7, 11) is 1.57. The second-order valence-electron chi connectivity index (χ2n) is 3.96. The van der Waals surface area contributed by atoms with Crippen LogP contribution < -0.4 is 0 Å². The Balaban J connectivity index is 2.55. The lowest BCUT2D eigenvalue weighted by molar-refractivity contribution is 0.0690. The van der Waals surface area contributed by atoms with Gasteiger partial charge >= 0.3 is 5.97 Å². The summed E-state index contributed by atoms with van der Waals surface area (Å²) >= 11 is 0. The van der Waals surface area contributed by atoms with Crippen molar-refractivity contribution >= 4 is 5.97 Å². The molecule has 0 radical (unpaired) electrons. The van der Waals surface area contributed by atoms with Crippen molar-refractivity contribution in [3.05, 3.63) is 47.3 Å². The number of aryl methyl sites for hydroxylation is 1. The SMILES string of the molecule is COCc1cc(C(=O)O)nn1-c1ccccc1C. The van der Waals surface area contributed by atoms with Gasteiger partial charge in [0.2, 0.25) is 0 Å². The first kappa shape index (κ1) is 12.3. The van der Waals surface area contributed by atoms with Crippen molar-refractivity contribution in [2.75, 3.05) is 7.11 Å². The lowest BCUT2D eigenvalue weighted by Gasteiger charge is -2.09. The largest absolute Gasteiger partial charge is 0.476 e. The van der Waals surface area contributed by atoms with Crippen LogP contribution in [0.15, 0.2) is 30.3 Å². The summed E-state index contributed by atoms with van der Waals surface area (Å²) in [5, 5.41) is 13.1.